The summed E-state index contributed by atoms with van der Waals surface area (Å²) in [4.78, 5) is 0. The first-order valence-electron chi connectivity index (χ1n) is 2.00. The molecule has 1 aliphatic rings. The van der Waals surface area contributed by atoms with E-state index >= 15 is 0 Å². The number of nitrogens with one attached hydrogen (secondary N) is 3. The molecule has 4 heteroatoms. The van der Waals surface area contributed by atoms with Crippen LogP contribution < -0.4 is 16.4 Å². The van der Waals surface area contributed by atoms with Gasteiger partial charge in [-0.1, -0.05) is 0 Å². The van der Waals surface area contributed by atoms with Crippen molar-refractivity contribution in [3.05, 3.63) is 12.3 Å². The van der Waals surface area contributed by atoms with Gasteiger partial charge in [-0.3, -0.25) is 0 Å². The first kappa shape index (κ1) is 4.58. The molecule has 4 nitrogen and oxygen atoms in total. The molecule has 0 spiro atoms. The van der Waals surface area contributed by atoms with Crippen molar-refractivity contribution >= 4 is 0 Å². The molecule has 0 saturated carbocycles. The standard InChI is InChI=1S/C3H7N3O/c7-3-1-2-4-6-5-3/h1-7H. The Labute approximate surface area is 41.2 Å². The van der Waals surface area contributed by atoms with E-state index in [2.05, 4.69) is 16.4 Å². The first-order chi connectivity index (χ1) is 3.39. The Morgan fingerprint density at radius 1 is 1.57 bits per heavy atom. The Balaban J connectivity index is 2.36. The van der Waals surface area contributed by atoms with Crippen LogP contribution in [0.25, 0.3) is 0 Å². The van der Waals surface area contributed by atoms with Crippen molar-refractivity contribution in [2.24, 2.45) is 0 Å². The van der Waals surface area contributed by atoms with Gasteiger partial charge in [0.2, 0.25) is 0 Å². The van der Waals surface area contributed by atoms with Crippen molar-refractivity contribution in [2.45, 2.75) is 6.23 Å². The number of aliphatic hydroxyl groups is 1. The van der Waals surface area contributed by atoms with Crippen LogP contribution in [-0.2, 0) is 0 Å². The molecule has 0 saturated heterocycles. The van der Waals surface area contributed by atoms with E-state index in [4.69, 9.17) is 5.11 Å². The molecule has 0 aromatic rings. The maximum Gasteiger partial charge on any atom is 0.139 e. The molecule has 0 aliphatic carbocycles. The van der Waals surface area contributed by atoms with E-state index in [1.54, 1.807) is 12.3 Å². The number of hydrogen-bond donors (Lipinski definition) is 4. The summed E-state index contributed by atoms with van der Waals surface area (Å²) >= 11 is 0. The Morgan fingerprint density at radius 3 is 2.71 bits per heavy atom. The summed E-state index contributed by atoms with van der Waals surface area (Å²) in [5.41, 5.74) is 7.60. The van der Waals surface area contributed by atoms with Crippen molar-refractivity contribution in [1.82, 2.24) is 16.4 Å². The summed E-state index contributed by atoms with van der Waals surface area (Å²) in [6, 6.07) is 0. The normalized spacial score (nSPS) is 29.6. The lowest BCUT2D eigenvalue weighted by Crippen LogP contribution is -2.49. The molecular formula is C3H7N3O. The number of hydrazine groups is 2. The summed E-state index contributed by atoms with van der Waals surface area (Å²) in [7, 11) is 0. The molecule has 40 valence electrons. The topological polar surface area (TPSA) is 56.3 Å². The Hall–Kier alpha value is -0.580. The van der Waals surface area contributed by atoms with Gasteiger partial charge < -0.3 is 10.5 Å². The van der Waals surface area contributed by atoms with Gasteiger partial charge in [0.25, 0.3) is 0 Å². The maximum atomic E-state index is 8.61. The molecule has 1 aliphatic heterocycles. The highest BCUT2D eigenvalue weighted by molar-refractivity contribution is 4.86. The smallest absolute Gasteiger partial charge is 0.139 e. The lowest BCUT2D eigenvalue weighted by molar-refractivity contribution is 0.148. The molecular weight excluding hydrogens is 94.1 g/mol. The largest absolute Gasteiger partial charge is 0.374 e. The van der Waals surface area contributed by atoms with Crippen molar-refractivity contribution in [3.8, 4) is 0 Å². The van der Waals surface area contributed by atoms with Crippen LogP contribution in [0.4, 0.5) is 0 Å². The average molecular weight is 101 g/mol. The molecule has 0 fully saturated rings. The zero-order valence-electron chi connectivity index (χ0n) is 3.68. The third kappa shape index (κ3) is 1.15. The second-order valence-corrected chi connectivity index (χ2v) is 1.22. The third-order valence-electron chi connectivity index (χ3n) is 0.654. The Kier molecular flexibility index (Phi) is 1.26. The van der Waals surface area contributed by atoms with Gasteiger partial charge in [-0.15, -0.1) is 0 Å². The number of aliphatic hydroxyl groups excluding tert-OH is 1. The van der Waals surface area contributed by atoms with Crippen LogP contribution in [0.1, 0.15) is 0 Å². The number of rotatable bonds is 0. The minimum atomic E-state index is -0.568. The van der Waals surface area contributed by atoms with E-state index in [9.17, 15) is 0 Å². The van der Waals surface area contributed by atoms with E-state index in [1.165, 1.54) is 0 Å². The van der Waals surface area contributed by atoms with Gasteiger partial charge in [-0.2, -0.15) is 5.53 Å². The molecule has 4 N–H and O–H groups in total. The van der Waals surface area contributed by atoms with Crippen molar-refractivity contribution in [3.63, 3.8) is 0 Å². The predicted octanol–water partition coefficient (Wildman–Crippen LogP) is -1.57. The molecule has 0 amide bonds. The van der Waals surface area contributed by atoms with Crippen molar-refractivity contribution in [2.75, 3.05) is 0 Å². The van der Waals surface area contributed by atoms with Crippen LogP contribution >= 0.6 is 0 Å². The van der Waals surface area contributed by atoms with E-state index in [-0.39, 0.29) is 0 Å². The third-order valence-corrected chi connectivity index (χ3v) is 0.654. The Morgan fingerprint density at radius 2 is 2.43 bits per heavy atom. The first-order valence-corrected chi connectivity index (χ1v) is 2.00. The van der Waals surface area contributed by atoms with Crippen LogP contribution in [0.3, 0.4) is 0 Å². The van der Waals surface area contributed by atoms with Crippen LogP contribution in [-0.4, -0.2) is 11.3 Å². The highest BCUT2D eigenvalue weighted by atomic mass is 16.3. The molecule has 7 heavy (non-hydrogen) atoms. The van der Waals surface area contributed by atoms with E-state index < -0.39 is 6.23 Å². The van der Waals surface area contributed by atoms with Crippen LogP contribution in [0, 0.1) is 0 Å². The average Bonchev–Trinajstić information content (AvgIpc) is 1.69. The van der Waals surface area contributed by atoms with E-state index in [0.29, 0.717) is 0 Å². The maximum absolute atomic E-state index is 8.61. The molecule has 0 aromatic heterocycles. The summed E-state index contributed by atoms with van der Waals surface area (Å²) in [6.45, 7) is 0. The van der Waals surface area contributed by atoms with E-state index in [0.717, 1.165) is 0 Å². The molecule has 1 heterocycles. The monoisotopic (exact) mass is 101 g/mol. The zero-order valence-corrected chi connectivity index (χ0v) is 3.68. The lowest BCUT2D eigenvalue weighted by Gasteiger charge is -2.13. The van der Waals surface area contributed by atoms with Crippen LogP contribution in [0.2, 0.25) is 0 Å². The minimum absolute atomic E-state index is 0.568. The molecule has 1 atom stereocenters. The van der Waals surface area contributed by atoms with Crippen molar-refractivity contribution in [1.29, 1.82) is 0 Å². The number of hydrogen-bond acceptors (Lipinski definition) is 4. The Bertz CT molecular complexity index is 82.2. The van der Waals surface area contributed by atoms with Crippen molar-refractivity contribution < 1.29 is 5.11 Å². The van der Waals surface area contributed by atoms with Crippen LogP contribution in [0.5, 0.6) is 0 Å². The zero-order chi connectivity index (χ0) is 5.11. The summed E-state index contributed by atoms with van der Waals surface area (Å²) in [6.07, 6.45) is 2.62. The molecule has 0 radical (unpaired) electrons. The summed E-state index contributed by atoms with van der Waals surface area (Å²) in [5, 5.41) is 8.61. The summed E-state index contributed by atoms with van der Waals surface area (Å²) < 4.78 is 0. The van der Waals surface area contributed by atoms with Gasteiger partial charge in [0.05, 0.1) is 0 Å². The van der Waals surface area contributed by atoms with Gasteiger partial charge >= 0.3 is 0 Å². The highest BCUT2D eigenvalue weighted by Gasteiger charge is 1.96. The molecule has 1 rings (SSSR count). The fraction of sp³-hybridized carbons (Fsp3) is 0.333. The minimum Gasteiger partial charge on any atom is -0.374 e. The van der Waals surface area contributed by atoms with Crippen LogP contribution in [0.15, 0.2) is 12.3 Å². The van der Waals surface area contributed by atoms with Gasteiger partial charge in [-0.25, -0.2) is 5.43 Å². The SMILES string of the molecule is OC1C=CNNN1. The van der Waals surface area contributed by atoms with Gasteiger partial charge in [0.15, 0.2) is 0 Å². The van der Waals surface area contributed by atoms with Gasteiger partial charge in [0, 0.05) is 6.20 Å². The molecule has 0 aromatic carbocycles. The molecule has 1 unspecified atom stereocenters. The highest BCUT2D eigenvalue weighted by Crippen LogP contribution is 1.77. The second kappa shape index (κ2) is 1.92. The molecule has 0 bridgehead atoms. The predicted molar refractivity (Wildman–Crippen MR) is 24.6 cm³/mol. The lowest BCUT2D eigenvalue weighted by atomic mass is 10.5. The quantitative estimate of drug-likeness (QED) is 0.298. The fourth-order valence-electron chi connectivity index (χ4n) is 0.345. The van der Waals surface area contributed by atoms with Gasteiger partial charge in [0.1, 0.15) is 6.23 Å². The summed E-state index contributed by atoms with van der Waals surface area (Å²) in [5.74, 6) is 0. The van der Waals surface area contributed by atoms with E-state index in [1.807, 2.05) is 0 Å². The fourth-order valence-corrected chi connectivity index (χ4v) is 0.345. The van der Waals surface area contributed by atoms with Gasteiger partial charge in [-0.05, 0) is 6.08 Å². The second-order valence-electron chi connectivity index (χ2n) is 1.22.